The van der Waals surface area contributed by atoms with E-state index in [-0.39, 0.29) is 0 Å². The molecular weight excluding hydrogens is 332 g/mol. The molecular formula is C15H21BrN4O. The minimum atomic E-state index is 0.588. The highest BCUT2D eigenvalue weighted by Crippen LogP contribution is 2.21. The molecule has 0 radical (unpaired) electrons. The van der Waals surface area contributed by atoms with Crippen LogP contribution in [0.2, 0.25) is 0 Å². The van der Waals surface area contributed by atoms with Gasteiger partial charge in [-0.3, -0.25) is 4.98 Å². The normalized spacial score (nSPS) is 12.5. The lowest BCUT2D eigenvalue weighted by Crippen LogP contribution is -2.09. The number of aromatic nitrogens is 3. The summed E-state index contributed by atoms with van der Waals surface area (Å²) < 4.78 is 6.23. The van der Waals surface area contributed by atoms with Crippen molar-refractivity contribution in [2.75, 3.05) is 6.54 Å². The number of nitrogens with zero attached hydrogens (tertiary/aromatic N) is 3. The van der Waals surface area contributed by atoms with E-state index in [4.69, 9.17) is 10.3 Å². The molecule has 6 heteroatoms. The van der Waals surface area contributed by atoms with Gasteiger partial charge in [0.05, 0.1) is 0 Å². The zero-order valence-electron chi connectivity index (χ0n) is 12.3. The van der Waals surface area contributed by atoms with Crippen LogP contribution in [0.1, 0.15) is 38.5 Å². The molecule has 1 unspecified atom stereocenters. The van der Waals surface area contributed by atoms with E-state index in [1.165, 1.54) is 12.8 Å². The van der Waals surface area contributed by atoms with Crippen LogP contribution >= 0.6 is 15.9 Å². The third-order valence-electron chi connectivity index (χ3n) is 3.47. The van der Waals surface area contributed by atoms with Crippen LogP contribution < -0.4 is 5.73 Å². The van der Waals surface area contributed by atoms with Gasteiger partial charge >= 0.3 is 0 Å². The molecule has 2 N–H and O–H groups in total. The molecule has 0 aliphatic rings. The summed E-state index contributed by atoms with van der Waals surface area (Å²) in [5.41, 5.74) is 6.51. The minimum absolute atomic E-state index is 0.588. The van der Waals surface area contributed by atoms with Gasteiger partial charge in [0, 0.05) is 28.9 Å². The number of aryl methyl sites for hydroxylation is 1. The molecule has 0 aliphatic heterocycles. The zero-order chi connectivity index (χ0) is 15.1. The molecule has 0 saturated carbocycles. The molecule has 0 spiro atoms. The minimum Gasteiger partial charge on any atom is -0.339 e. The second-order valence-corrected chi connectivity index (χ2v) is 6.09. The molecule has 0 aliphatic carbocycles. The fraction of sp³-hybridized carbons (Fsp3) is 0.533. The number of hydrogen-bond acceptors (Lipinski definition) is 5. The highest BCUT2D eigenvalue weighted by molar-refractivity contribution is 9.10. The van der Waals surface area contributed by atoms with Gasteiger partial charge in [0.2, 0.25) is 11.7 Å². The van der Waals surface area contributed by atoms with Gasteiger partial charge < -0.3 is 10.3 Å². The Morgan fingerprint density at radius 2 is 2.14 bits per heavy atom. The van der Waals surface area contributed by atoms with E-state index < -0.39 is 0 Å². The van der Waals surface area contributed by atoms with Gasteiger partial charge in [-0.25, -0.2) is 0 Å². The molecule has 2 aromatic rings. The quantitative estimate of drug-likeness (QED) is 0.785. The number of pyridine rings is 1. The molecule has 2 aromatic heterocycles. The maximum absolute atomic E-state index is 5.66. The predicted octanol–water partition coefficient (Wildman–Crippen LogP) is 3.59. The van der Waals surface area contributed by atoms with Crippen LogP contribution in [0, 0.1) is 5.92 Å². The summed E-state index contributed by atoms with van der Waals surface area (Å²) in [5, 5.41) is 4.03. The van der Waals surface area contributed by atoms with Crippen LogP contribution in [0.15, 0.2) is 27.5 Å². The summed E-state index contributed by atoms with van der Waals surface area (Å²) in [6, 6.07) is 1.93. The van der Waals surface area contributed by atoms with E-state index in [0.717, 1.165) is 35.8 Å². The van der Waals surface area contributed by atoms with Gasteiger partial charge in [-0.2, -0.15) is 4.98 Å². The molecule has 0 aromatic carbocycles. The second-order valence-electron chi connectivity index (χ2n) is 5.17. The smallest absolute Gasteiger partial charge is 0.226 e. The van der Waals surface area contributed by atoms with E-state index in [9.17, 15) is 0 Å². The molecule has 2 rings (SSSR count). The van der Waals surface area contributed by atoms with Crippen LogP contribution in [0.3, 0.4) is 0 Å². The summed E-state index contributed by atoms with van der Waals surface area (Å²) in [6.45, 7) is 2.94. The van der Waals surface area contributed by atoms with Gasteiger partial charge in [0.25, 0.3) is 0 Å². The largest absolute Gasteiger partial charge is 0.339 e. The first-order chi connectivity index (χ1) is 10.2. The van der Waals surface area contributed by atoms with Crippen LogP contribution in [-0.4, -0.2) is 21.7 Å². The van der Waals surface area contributed by atoms with Crippen LogP contribution in [-0.2, 0) is 6.42 Å². The maximum atomic E-state index is 5.66. The summed E-state index contributed by atoms with van der Waals surface area (Å²) in [6.07, 6.45) is 8.75. The topological polar surface area (TPSA) is 77.8 Å². The van der Waals surface area contributed by atoms with Crippen molar-refractivity contribution in [1.29, 1.82) is 0 Å². The molecule has 5 nitrogen and oxygen atoms in total. The van der Waals surface area contributed by atoms with Crippen LogP contribution in [0.4, 0.5) is 0 Å². The Bertz CT molecular complexity index is 552. The Kier molecular flexibility index (Phi) is 6.32. The molecule has 2 heterocycles. The van der Waals surface area contributed by atoms with Crippen LogP contribution in [0.25, 0.3) is 11.4 Å². The molecule has 1 atom stereocenters. The Morgan fingerprint density at radius 1 is 1.29 bits per heavy atom. The number of hydrogen-bond donors (Lipinski definition) is 1. The van der Waals surface area contributed by atoms with Gasteiger partial charge in [-0.1, -0.05) is 24.9 Å². The predicted molar refractivity (Wildman–Crippen MR) is 85.6 cm³/mol. The molecule has 0 bridgehead atoms. The van der Waals surface area contributed by atoms with Gasteiger partial charge in [0.1, 0.15) is 0 Å². The lowest BCUT2D eigenvalue weighted by Gasteiger charge is -2.13. The van der Waals surface area contributed by atoms with E-state index in [0.29, 0.717) is 17.6 Å². The average molecular weight is 353 g/mol. The highest BCUT2D eigenvalue weighted by atomic mass is 79.9. The van der Waals surface area contributed by atoms with E-state index >= 15 is 0 Å². The Hall–Kier alpha value is -1.27. The van der Waals surface area contributed by atoms with Crippen molar-refractivity contribution in [3.05, 3.63) is 28.8 Å². The van der Waals surface area contributed by atoms with Crippen molar-refractivity contribution in [2.45, 2.75) is 39.0 Å². The maximum Gasteiger partial charge on any atom is 0.226 e. The van der Waals surface area contributed by atoms with Crippen molar-refractivity contribution in [3.63, 3.8) is 0 Å². The molecule has 0 fully saturated rings. The third-order valence-corrected chi connectivity index (χ3v) is 3.90. The fourth-order valence-corrected chi connectivity index (χ4v) is 2.78. The van der Waals surface area contributed by atoms with Crippen molar-refractivity contribution in [3.8, 4) is 11.4 Å². The first kappa shape index (κ1) is 16.1. The summed E-state index contributed by atoms with van der Waals surface area (Å²) in [7, 11) is 0. The number of nitrogens with two attached hydrogens (primary N) is 1. The first-order valence-corrected chi connectivity index (χ1v) is 8.15. The van der Waals surface area contributed by atoms with Crippen molar-refractivity contribution in [2.24, 2.45) is 11.7 Å². The standard InChI is InChI=1S/C15H21BrN4O/c1-2-3-11(6-7-17)4-5-14-19-15(20-21-14)12-8-13(16)10-18-9-12/h8-11H,2-7,17H2,1H3. The second kappa shape index (κ2) is 8.24. The first-order valence-electron chi connectivity index (χ1n) is 7.36. The fourth-order valence-electron chi connectivity index (χ4n) is 2.41. The highest BCUT2D eigenvalue weighted by Gasteiger charge is 2.12. The van der Waals surface area contributed by atoms with E-state index in [2.05, 4.69) is 38.0 Å². The SMILES string of the molecule is CCCC(CCN)CCc1nc(-c2cncc(Br)c2)no1. The third kappa shape index (κ3) is 4.89. The lowest BCUT2D eigenvalue weighted by molar-refractivity contribution is 0.349. The summed E-state index contributed by atoms with van der Waals surface area (Å²) in [4.78, 5) is 8.55. The molecule has 114 valence electrons. The monoisotopic (exact) mass is 352 g/mol. The van der Waals surface area contributed by atoms with E-state index in [1.54, 1.807) is 12.4 Å². The van der Waals surface area contributed by atoms with Crippen molar-refractivity contribution >= 4 is 15.9 Å². The Balaban J connectivity index is 1.96. The summed E-state index contributed by atoms with van der Waals surface area (Å²) >= 11 is 3.39. The summed E-state index contributed by atoms with van der Waals surface area (Å²) in [5.74, 6) is 1.91. The van der Waals surface area contributed by atoms with Gasteiger partial charge in [0.15, 0.2) is 0 Å². The Morgan fingerprint density at radius 3 is 2.86 bits per heavy atom. The Labute approximate surface area is 133 Å². The van der Waals surface area contributed by atoms with Gasteiger partial charge in [-0.05, 0) is 47.3 Å². The number of rotatable bonds is 8. The molecule has 21 heavy (non-hydrogen) atoms. The average Bonchev–Trinajstić information content (AvgIpc) is 2.94. The van der Waals surface area contributed by atoms with Crippen molar-refractivity contribution in [1.82, 2.24) is 15.1 Å². The van der Waals surface area contributed by atoms with E-state index in [1.807, 2.05) is 6.07 Å². The van der Waals surface area contributed by atoms with Gasteiger partial charge in [-0.15, -0.1) is 0 Å². The zero-order valence-corrected chi connectivity index (χ0v) is 13.8. The molecule has 0 saturated heterocycles. The van der Waals surface area contributed by atoms with Crippen molar-refractivity contribution < 1.29 is 4.52 Å². The lowest BCUT2D eigenvalue weighted by atomic mass is 9.94. The molecule has 0 amide bonds. The number of halogens is 1. The van der Waals surface area contributed by atoms with Crippen LogP contribution in [0.5, 0.6) is 0 Å².